The SMILES string of the molecule is CCC(=O)NOC(F)(F)F. The van der Waals surface area contributed by atoms with Crippen LogP contribution in [0.3, 0.4) is 0 Å². The predicted octanol–water partition coefficient (Wildman–Crippen LogP) is 0.964. The lowest BCUT2D eigenvalue weighted by atomic mass is 10.5. The van der Waals surface area contributed by atoms with Gasteiger partial charge in [-0.2, -0.15) is 4.84 Å². The molecule has 60 valence electrons. The molecule has 6 heteroatoms. The highest BCUT2D eigenvalue weighted by molar-refractivity contribution is 5.74. The first-order chi connectivity index (χ1) is 4.45. The zero-order valence-corrected chi connectivity index (χ0v) is 5.16. The first-order valence-electron chi connectivity index (χ1n) is 2.49. The number of rotatable bonds is 2. The second-order valence-corrected chi connectivity index (χ2v) is 1.43. The van der Waals surface area contributed by atoms with Crippen molar-refractivity contribution in [3.05, 3.63) is 0 Å². The van der Waals surface area contributed by atoms with Crippen LogP contribution in [0.5, 0.6) is 0 Å². The van der Waals surface area contributed by atoms with E-state index in [2.05, 4.69) is 4.84 Å². The molecule has 0 aliphatic carbocycles. The van der Waals surface area contributed by atoms with Crippen molar-refractivity contribution < 1.29 is 22.8 Å². The topological polar surface area (TPSA) is 38.3 Å². The summed E-state index contributed by atoms with van der Waals surface area (Å²) in [4.78, 5) is 13.1. The summed E-state index contributed by atoms with van der Waals surface area (Å²) in [6.45, 7) is 1.41. The van der Waals surface area contributed by atoms with Gasteiger partial charge in [0.1, 0.15) is 0 Å². The van der Waals surface area contributed by atoms with Gasteiger partial charge in [0.25, 0.3) is 0 Å². The first kappa shape index (κ1) is 9.22. The lowest BCUT2D eigenvalue weighted by Crippen LogP contribution is -2.30. The van der Waals surface area contributed by atoms with Crippen LogP contribution in [-0.4, -0.2) is 12.3 Å². The lowest BCUT2D eigenvalue weighted by Gasteiger charge is -2.05. The Morgan fingerprint density at radius 1 is 1.60 bits per heavy atom. The van der Waals surface area contributed by atoms with Gasteiger partial charge in [0.15, 0.2) is 0 Å². The van der Waals surface area contributed by atoms with Gasteiger partial charge in [0.2, 0.25) is 5.91 Å². The van der Waals surface area contributed by atoms with Crippen LogP contribution in [0.25, 0.3) is 0 Å². The maximum atomic E-state index is 11.1. The molecule has 0 fully saturated rings. The number of hydrogen-bond donors (Lipinski definition) is 1. The molecule has 0 aliphatic heterocycles. The molecule has 0 aliphatic rings. The van der Waals surface area contributed by atoms with Crippen molar-refractivity contribution in [2.24, 2.45) is 0 Å². The van der Waals surface area contributed by atoms with Crippen molar-refractivity contribution in [2.45, 2.75) is 19.7 Å². The maximum Gasteiger partial charge on any atom is 0.543 e. The van der Waals surface area contributed by atoms with Gasteiger partial charge in [0, 0.05) is 6.42 Å². The molecule has 0 bridgehead atoms. The minimum atomic E-state index is -4.80. The van der Waals surface area contributed by atoms with Gasteiger partial charge in [-0.3, -0.25) is 4.79 Å². The summed E-state index contributed by atoms with van der Waals surface area (Å²) in [5.41, 5.74) is 1.21. The molecule has 0 aromatic heterocycles. The second-order valence-electron chi connectivity index (χ2n) is 1.43. The van der Waals surface area contributed by atoms with Gasteiger partial charge < -0.3 is 0 Å². The number of hydroxylamine groups is 1. The number of carbonyl (C=O) groups excluding carboxylic acids is 1. The fourth-order valence-corrected chi connectivity index (χ4v) is 0.187. The smallest absolute Gasteiger partial charge is 0.273 e. The van der Waals surface area contributed by atoms with Gasteiger partial charge >= 0.3 is 6.36 Å². The van der Waals surface area contributed by atoms with Crippen LogP contribution in [-0.2, 0) is 9.63 Å². The van der Waals surface area contributed by atoms with E-state index in [1.54, 1.807) is 0 Å². The highest BCUT2D eigenvalue weighted by Crippen LogP contribution is 2.13. The van der Waals surface area contributed by atoms with E-state index in [-0.39, 0.29) is 6.42 Å². The van der Waals surface area contributed by atoms with E-state index in [1.165, 1.54) is 12.4 Å². The number of alkyl halides is 3. The summed E-state index contributed by atoms with van der Waals surface area (Å²) in [6.07, 6.45) is -4.85. The Balaban J connectivity index is 3.46. The number of carbonyl (C=O) groups is 1. The summed E-state index contributed by atoms with van der Waals surface area (Å²) >= 11 is 0. The third kappa shape index (κ3) is 5.36. The Hall–Kier alpha value is -0.780. The standard InChI is InChI=1S/C4H6F3NO2/c1-2-3(9)8-10-4(5,6)7/h2H2,1H3,(H,8,9). The molecule has 1 amide bonds. The van der Waals surface area contributed by atoms with Crippen LogP contribution in [0.1, 0.15) is 13.3 Å². The zero-order chi connectivity index (χ0) is 8.20. The monoisotopic (exact) mass is 157 g/mol. The Bertz CT molecular complexity index is 122. The molecule has 0 rings (SSSR count). The summed E-state index contributed by atoms with van der Waals surface area (Å²) in [5, 5.41) is 0. The molecule has 0 saturated heterocycles. The normalized spacial score (nSPS) is 11.2. The van der Waals surface area contributed by atoms with Crippen LogP contribution in [0.2, 0.25) is 0 Å². The summed E-state index contributed by atoms with van der Waals surface area (Å²) in [6, 6.07) is 0. The largest absolute Gasteiger partial charge is 0.543 e. The van der Waals surface area contributed by atoms with Crippen molar-refractivity contribution in [1.29, 1.82) is 0 Å². The van der Waals surface area contributed by atoms with Crippen molar-refractivity contribution in [1.82, 2.24) is 5.48 Å². The van der Waals surface area contributed by atoms with Crippen LogP contribution in [0, 0.1) is 0 Å². The molecule has 0 aromatic carbocycles. The van der Waals surface area contributed by atoms with Crippen LogP contribution in [0.15, 0.2) is 0 Å². The first-order valence-corrected chi connectivity index (χ1v) is 2.49. The number of amides is 1. The van der Waals surface area contributed by atoms with Gasteiger partial charge in [0.05, 0.1) is 0 Å². The molecule has 0 atom stereocenters. The van der Waals surface area contributed by atoms with E-state index < -0.39 is 12.3 Å². The van der Waals surface area contributed by atoms with E-state index in [0.717, 1.165) is 0 Å². The Labute approximate surface area is 55.1 Å². The van der Waals surface area contributed by atoms with E-state index in [9.17, 15) is 18.0 Å². The number of halogens is 3. The Kier molecular flexibility index (Phi) is 3.14. The van der Waals surface area contributed by atoms with E-state index in [1.807, 2.05) is 0 Å². The Morgan fingerprint density at radius 2 is 2.10 bits per heavy atom. The fourth-order valence-electron chi connectivity index (χ4n) is 0.187. The molecular weight excluding hydrogens is 151 g/mol. The van der Waals surface area contributed by atoms with Crippen molar-refractivity contribution in [2.75, 3.05) is 0 Å². The average Bonchev–Trinajstić information content (AvgIpc) is 1.81. The molecule has 0 saturated carbocycles. The Morgan fingerprint density at radius 3 is 2.40 bits per heavy atom. The third-order valence-electron chi connectivity index (χ3n) is 0.602. The van der Waals surface area contributed by atoms with Crippen molar-refractivity contribution in [3.63, 3.8) is 0 Å². The van der Waals surface area contributed by atoms with Crippen LogP contribution < -0.4 is 5.48 Å². The predicted molar refractivity (Wildman–Crippen MR) is 25.6 cm³/mol. The number of hydrogen-bond acceptors (Lipinski definition) is 2. The molecule has 0 spiro atoms. The maximum absolute atomic E-state index is 11.1. The van der Waals surface area contributed by atoms with Gasteiger partial charge in [-0.15, -0.1) is 13.2 Å². The van der Waals surface area contributed by atoms with Crippen LogP contribution in [0.4, 0.5) is 13.2 Å². The third-order valence-corrected chi connectivity index (χ3v) is 0.602. The van der Waals surface area contributed by atoms with Crippen LogP contribution >= 0.6 is 0 Å². The minimum absolute atomic E-state index is 0.0456. The number of nitrogens with one attached hydrogen (secondary N) is 1. The minimum Gasteiger partial charge on any atom is -0.273 e. The van der Waals surface area contributed by atoms with E-state index in [0.29, 0.717) is 0 Å². The molecule has 0 unspecified atom stereocenters. The summed E-state index contributed by atoms with van der Waals surface area (Å²) < 4.78 is 33.3. The molecule has 0 heterocycles. The fraction of sp³-hybridized carbons (Fsp3) is 0.750. The van der Waals surface area contributed by atoms with Gasteiger partial charge in [-0.05, 0) is 0 Å². The summed E-state index contributed by atoms with van der Waals surface area (Å²) in [5.74, 6) is -0.808. The quantitative estimate of drug-likeness (QED) is 0.606. The van der Waals surface area contributed by atoms with E-state index >= 15 is 0 Å². The highest BCUT2D eigenvalue weighted by Gasteiger charge is 2.30. The summed E-state index contributed by atoms with van der Waals surface area (Å²) in [7, 11) is 0. The molecular formula is C4H6F3NO2. The zero-order valence-electron chi connectivity index (χ0n) is 5.16. The molecule has 10 heavy (non-hydrogen) atoms. The van der Waals surface area contributed by atoms with E-state index in [4.69, 9.17) is 0 Å². The second kappa shape index (κ2) is 3.40. The van der Waals surface area contributed by atoms with Gasteiger partial charge in [-0.1, -0.05) is 6.92 Å². The molecule has 0 aromatic rings. The average molecular weight is 157 g/mol. The molecule has 1 N–H and O–H groups in total. The molecule has 3 nitrogen and oxygen atoms in total. The highest BCUT2D eigenvalue weighted by atomic mass is 19.4. The van der Waals surface area contributed by atoms with Crippen molar-refractivity contribution in [3.8, 4) is 0 Å². The van der Waals surface area contributed by atoms with Gasteiger partial charge in [-0.25, -0.2) is 5.48 Å². The lowest BCUT2D eigenvalue weighted by molar-refractivity contribution is -0.345. The molecule has 0 radical (unpaired) electrons. The van der Waals surface area contributed by atoms with Crippen molar-refractivity contribution >= 4 is 5.91 Å².